The third-order valence-corrected chi connectivity index (χ3v) is 6.67. The van der Waals surface area contributed by atoms with Crippen molar-refractivity contribution >= 4 is 23.5 Å². The van der Waals surface area contributed by atoms with Gasteiger partial charge in [0, 0.05) is 36.0 Å². The van der Waals surface area contributed by atoms with Crippen molar-refractivity contribution in [2.24, 2.45) is 10.7 Å². The number of guanidine groups is 1. The molecular formula is C24H29ClN4O2. The molecule has 1 saturated heterocycles. The number of amides is 1. The second kappa shape index (κ2) is 8.60. The highest BCUT2D eigenvalue weighted by molar-refractivity contribution is 6.32. The number of pyridine rings is 1. The quantitative estimate of drug-likeness (QED) is 0.780. The number of aliphatic imine (C=N–C) groups is 1. The van der Waals surface area contributed by atoms with Crippen molar-refractivity contribution in [3.63, 3.8) is 0 Å². The van der Waals surface area contributed by atoms with Crippen molar-refractivity contribution in [3.05, 3.63) is 63.9 Å². The number of hydrogen-bond acceptors (Lipinski definition) is 5. The van der Waals surface area contributed by atoms with Crippen LogP contribution in [0.4, 0.5) is 0 Å². The fourth-order valence-corrected chi connectivity index (χ4v) is 4.96. The van der Waals surface area contributed by atoms with Crippen LogP contribution in [-0.2, 0) is 21.5 Å². The second-order valence-corrected chi connectivity index (χ2v) is 9.19. The molecule has 1 fully saturated rings. The minimum Gasteiger partial charge on any atom is -0.378 e. The minimum absolute atomic E-state index is 0.0155. The molecule has 2 aliphatic heterocycles. The Bertz CT molecular complexity index is 1010. The summed E-state index contributed by atoms with van der Waals surface area (Å²) in [5.41, 5.74) is 9.41. The van der Waals surface area contributed by atoms with Crippen LogP contribution in [0, 0.1) is 6.92 Å². The monoisotopic (exact) mass is 440 g/mol. The predicted octanol–water partition coefficient (Wildman–Crippen LogP) is 3.96. The zero-order chi connectivity index (χ0) is 22.2. The van der Waals surface area contributed by atoms with Crippen LogP contribution in [0.5, 0.6) is 0 Å². The average molecular weight is 441 g/mol. The highest BCUT2D eigenvalue weighted by Crippen LogP contribution is 2.40. The van der Waals surface area contributed by atoms with E-state index in [1.807, 2.05) is 51.2 Å². The molecule has 1 amide bonds. The van der Waals surface area contributed by atoms with E-state index >= 15 is 0 Å². The molecule has 2 aliphatic rings. The van der Waals surface area contributed by atoms with E-state index in [0.29, 0.717) is 18.1 Å². The first-order chi connectivity index (χ1) is 14.8. The van der Waals surface area contributed by atoms with Gasteiger partial charge in [-0.2, -0.15) is 0 Å². The number of rotatable bonds is 4. The molecule has 3 atom stereocenters. The first kappa shape index (κ1) is 21.8. The van der Waals surface area contributed by atoms with Crippen LogP contribution in [-0.4, -0.2) is 40.5 Å². The third-order valence-electron chi connectivity index (χ3n) is 6.22. The molecule has 164 valence electrons. The molecule has 7 heteroatoms. The highest BCUT2D eigenvalue weighted by atomic mass is 35.5. The Hall–Kier alpha value is -2.44. The molecule has 2 aromatic rings. The van der Waals surface area contributed by atoms with Gasteiger partial charge in [-0.15, -0.1) is 0 Å². The van der Waals surface area contributed by atoms with Crippen LogP contribution in [0.2, 0.25) is 5.02 Å². The summed E-state index contributed by atoms with van der Waals surface area (Å²) in [5, 5.41) is 0.628. The lowest BCUT2D eigenvalue weighted by Gasteiger charge is -2.41. The van der Waals surface area contributed by atoms with E-state index in [-0.39, 0.29) is 30.4 Å². The fourth-order valence-electron chi connectivity index (χ4n) is 4.56. The molecule has 0 aliphatic carbocycles. The Balaban J connectivity index is 1.63. The summed E-state index contributed by atoms with van der Waals surface area (Å²) in [6, 6.07) is 9.98. The van der Waals surface area contributed by atoms with E-state index < -0.39 is 5.54 Å². The maximum absolute atomic E-state index is 13.2. The van der Waals surface area contributed by atoms with Gasteiger partial charge in [0.05, 0.1) is 18.1 Å². The summed E-state index contributed by atoms with van der Waals surface area (Å²) in [4.78, 5) is 24.0. The van der Waals surface area contributed by atoms with Crippen molar-refractivity contribution < 1.29 is 9.53 Å². The number of carbonyl (C=O) groups excluding carboxylic acids is 1. The van der Waals surface area contributed by atoms with Gasteiger partial charge in [0.2, 0.25) is 5.91 Å². The minimum atomic E-state index is -0.799. The molecular weight excluding hydrogens is 412 g/mol. The van der Waals surface area contributed by atoms with Gasteiger partial charge in [-0.25, -0.2) is 4.99 Å². The van der Waals surface area contributed by atoms with Crippen molar-refractivity contribution in [1.82, 2.24) is 9.88 Å². The van der Waals surface area contributed by atoms with E-state index in [1.165, 1.54) is 0 Å². The van der Waals surface area contributed by atoms with E-state index in [2.05, 4.69) is 11.1 Å². The highest BCUT2D eigenvalue weighted by Gasteiger charge is 2.42. The van der Waals surface area contributed by atoms with Gasteiger partial charge < -0.3 is 10.5 Å². The zero-order valence-electron chi connectivity index (χ0n) is 18.3. The van der Waals surface area contributed by atoms with Gasteiger partial charge in [0.15, 0.2) is 5.96 Å². The number of nitrogens with two attached hydrogens (primary N) is 1. The molecule has 4 rings (SSSR count). The number of aryl methyl sites for hydroxylation is 1. The topological polar surface area (TPSA) is 80.8 Å². The van der Waals surface area contributed by atoms with Crippen LogP contribution in [0.1, 0.15) is 55.5 Å². The van der Waals surface area contributed by atoms with Crippen molar-refractivity contribution in [2.45, 2.75) is 64.1 Å². The molecule has 2 N–H and O–H groups in total. The van der Waals surface area contributed by atoms with Crippen molar-refractivity contribution in [2.75, 3.05) is 6.61 Å². The lowest BCUT2D eigenvalue weighted by Crippen LogP contribution is -2.56. The smallest absolute Gasteiger partial charge is 0.232 e. The Morgan fingerprint density at radius 2 is 2.13 bits per heavy atom. The van der Waals surface area contributed by atoms with E-state index in [9.17, 15) is 4.79 Å². The van der Waals surface area contributed by atoms with Gasteiger partial charge >= 0.3 is 0 Å². The number of ether oxygens (including phenoxy) is 1. The van der Waals surface area contributed by atoms with Gasteiger partial charge in [-0.3, -0.25) is 14.7 Å². The Kier molecular flexibility index (Phi) is 6.04. The molecule has 0 saturated carbocycles. The number of nitrogens with zero attached hydrogens (tertiary/aromatic N) is 3. The predicted molar refractivity (Wildman–Crippen MR) is 122 cm³/mol. The van der Waals surface area contributed by atoms with E-state index in [1.54, 1.807) is 4.90 Å². The number of halogens is 1. The molecule has 0 radical (unpaired) electrons. The summed E-state index contributed by atoms with van der Waals surface area (Å²) in [6.45, 7) is 6.54. The SMILES string of the molecule is Cc1ccc(Cc2cccc([C@]3(C)CC(=O)N([C@@H]4CCO[C@H](C)C4)C(N)=N3)c2Cl)cn1. The Morgan fingerprint density at radius 3 is 2.81 bits per heavy atom. The normalized spacial score (nSPS) is 26.6. The molecule has 1 aromatic heterocycles. The largest absolute Gasteiger partial charge is 0.378 e. The van der Waals surface area contributed by atoms with Crippen molar-refractivity contribution in [1.29, 1.82) is 0 Å². The zero-order valence-corrected chi connectivity index (χ0v) is 19.0. The average Bonchev–Trinajstić information content (AvgIpc) is 2.70. The van der Waals surface area contributed by atoms with Gasteiger partial charge in [0.25, 0.3) is 0 Å². The molecule has 0 spiro atoms. The van der Waals surface area contributed by atoms with Gasteiger partial charge in [-0.1, -0.05) is 35.9 Å². The van der Waals surface area contributed by atoms with E-state index in [4.69, 9.17) is 27.1 Å². The van der Waals surface area contributed by atoms with Crippen LogP contribution in [0.3, 0.4) is 0 Å². The maximum atomic E-state index is 13.2. The Morgan fingerprint density at radius 1 is 1.32 bits per heavy atom. The van der Waals surface area contributed by atoms with Crippen LogP contribution in [0.25, 0.3) is 0 Å². The molecule has 0 unspecified atom stereocenters. The molecule has 3 heterocycles. The molecule has 31 heavy (non-hydrogen) atoms. The van der Waals surface area contributed by atoms with E-state index in [0.717, 1.165) is 35.2 Å². The number of aromatic nitrogens is 1. The Labute approximate surface area is 188 Å². The summed E-state index contributed by atoms with van der Waals surface area (Å²) in [5.74, 6) is 0.250. The van der Waals surface area contributed by atoms with Crippen LogP contribution in [0.15, 0.2) is 41.5 Å². The second-order valence-electron chi connectivity index (χ2n) is 8.81. The third kappa shape index (κ3) is 4.46. The molecule has 0 bridgehead atoms. The standard InChI is InChI=1S/C24H29ClN4O2/c1-15-7-8-17(14-27-15)12-18-5-4-6-20(22(18)25)24(3)13-21(30)29(23(26)28-24)19-9-10-31-16(2)11-19/h4-8,14,16,19H,9-13H2,1-3H3,(H2,26,28)/t16-,19-,24+/m1/s1. The first-order valence-corrected chi connectivity index (χ1v) is 11.1. The lowest BCUT2D eigenvalue weighted by molar-refractivity contribution is -0.133. The lowest BCUT2D eigenvalue weighted by atomic mass is 9.85. The number of hydrogen-bond donors (Lipinski definition) is 1. The fraction of sp³-hybridized carbons (Fsp3) is 0.458. The maximum Gasteiger partial charge on any atom is 0.232 e. The number of carbonyl (C=O) groups is 1. The molecule has 1 aromatic carbocycles. The first-order valence-electron chi connectivity index (χ1n) is 10.8. The van der Waals surface area contributed by atoms with Crippen LogP contribution < -0.4 is 5.73 Å². The van der Waals surface area contributed by atoms with Gasteiger partial charge in [-0.05, 0) is 56.4 Å². The van der Waals surface area contributed by atoms with Gasteiger partial charge in [0.1, 0.15) is 0 Å². The van der Waals surface area contributed by atoms with Crippen LogP contribution >= 0.6 is 11.6 Å². The summed E-state index contributed by atoms with van der Waals surface area (Å²) < 4.78 is 5.62. The number of benzene rings is 1. The summed E-state index contributed by atoms with van der Waals surface area (Å²) in [7, 11) is 0. The van der Waals surface area contributed by atoms with Crippen molar-refractivity contribution in [3.8, 4) is 0 Å². The summed E-state index contributed by atoms with van der Waals surface area (Å²) >= 11 is 6.84. The molecule has 6 nitrogen and oxygen atoms in total. The summed E-state index contributed by atoms with van der Waals surface area (Å²) in [6.07, 6.45) is 4.40.